The normalized spacial score (nSPS) is 11.5. The van der Waals surface area contributed by atoms with E-state index in [0.29, 0.717) is 17.1 Å². The van der Waals surface area contributed by atoms with Crippen LogP contribution in [0.5, 0.6) is 17.2 Å². The highest BCUT2D eigenvalue weighted by molar-refractivity contribution is 6.40. The lowest BCUT2D eigenvalue weighted by Crippen LogP contribution is -2.42. The molecule has 0 radical (unpaired) electrons. The zero-order valence-corrected chi connectivity index (χ0v) is 19.3. The van der Waals surface area contributed by atoms with Crippen molar-refractivity contribution in [1.82, 2.24) is 5.32 Å². The van der Waals surface area contributed by atoms with Crippen molar-refractivity contribution in [3.05, 3.63) is 75.8 Å². The fraction of sp³-hybridized carbons (Fsp3) is 0.167. The molecule has 0 spiro atoms. The third-order valence-electron chi connectivity index (χ3n) is 4.97. The van der Waals surface area contributed by atoms with Gasteiger partial charge in [0.2, 0.25) is 0 Å². The van der Waals surface area contributed by atoms with Gasteiger partial charge < -0.3 is 25.0 Å². The summed E-state index contributed by atoms with van der Waals surface area (Å²) in [5.41, 5.74) is 2.17. The largest absolute Gasteiger partial charge is 0.508 e. The molecule has 3 aromatic carbocycles. The number of carbonyl (C=O) groups excluding carboxylic acids is 1. The first kappa shape index (κ1) is 24.2. The first-order chi connectivity index (χ1) is 15.7. The molecule has 0 aromatic heterocycles. The van der Waals surface area contributed by atoms with Crippen molar-refractivity contribution in [1.29, 1.82) is 0 Å². The SMILES string of the molecule is COc1cccc(OC)c1-c1ccc(CC(NC(=O)c2c(Cl)cc(O)cc2Cl)C(=O)O)cc1. The van der Waals surface area contributed by atoms with E-state index in [9.17, 15) is 19.8 Å². The van der Waals surface area contributed by atoms with E-state index in [1.165, 1.54) is 0 Å². The number of nitrogens with one attached hydrogen (secondary N) is 1. The van der Waals surface area contributed by atoms with Crippen LogP contribution in [0.3, 0.4) is 0 Å². The molecule has 3 aromatic rings. The molecule has 0 saturated heterocycles. The van der Waals surface area contributed by atoms with Gasteiger partial charge in [0.25, 0.3) is 5.91 Å². The van der Waals surface area contributed by atoms with Crippen molar-refractivity contribution in [3.8, 4) is 28.4 Å². The van der Waals surface area contributed by atoms with Crippen molar-refractivity contribution in [2.75, 3.05) is 14.2 Å². The Morgan fingerprint density at radius 2 is 1.52 bits per heavy atom. The third-order valence-corrected chi connectivity index (χ3v) is 5.56. The highest BCUT2D eigenvalue weighted by atomic mass is 35.5. The minimum absolute atomic E-state index is 0.0255. The van der Waals surface area contributed by atoms with E-state index in [4.69, 9.17) is 32.7 Å². The van der Waals surface area contributed by atoms with E-state index < -0.39 is 17.9 Å². The van der Waals surface area contributed by atoms with E-state index in [1.807, 2.05) is 30.3 Å². The monoisotopic (exact) mass is 489 g/mol. The molecule has 1 amide bonds. The van der Waals surface area contributed by atoms with Crippen LogP contribution < -0.4 is 14.8 Å². The standard InChI is InChI=1S/C24H21Cl2NO6/c1-32-19-4-3-5-20(33-2)21(19)14-8-6-13(7-9-14)10-18(24(30)31)27-23(29)22-16(25)11-15(28)12-17(22)26/h3-9,11-12,18,28H,10H2,1-2H3,(H,27,29)(H,30,31). The van der Waals surface area contributed by atoms with Gasteiger partial charge in [0.05, 0.1) is 35.4 Å². The molecule has 3 rings (SSSR count). The van der Waals surface area contributed by atoms with Crippen LogP contribution in [-0.4, -0.2) is 42.4 Å². The second-order valence-corrected chi connectivity index (χ2v) is 7.90. The number of ether oxygens (including phenoxy) is 2. The summed E-state index contributed by atoms with van der Waals surface area (Å²) in [6.07, 6.45) is 0.0255. The van der Waals surface area contributed by atoms with E-state index in [-0.39, 0.29) is 27.8 Å². The smallest absolute Gasteiger partial charge is 0.326 e. The number of halogens is 2. The maximum atomic E-state index is 12.6. The van der Waals surface area contributed by atoms with Crippen molar-refractivity contribution >= 4 is 35.1 Å². The molecule has 172 valence electrons. The quantitative estimate of drug-likeness (QED) is 0.419. The van der Waals surface area contributed by atoms with Crippen LogP contribution in [0, 0.1) is 0 Å². The maximum Gasteiger partial charge on any atom is 0.326 e. The lowest BCUT2D eigenvalue weighted by atomic mass is 9.99. The Morgan fingerprint density at radius 3 is 2.00 bits per heavy atom. The second-order valence-electron chi connectivity index (χ2n) is 7.09. The predicted octanol–water partition coefficient (Wildman–Crippen LogP) is 4.81. The number of hydrogen-bond donors (Lipinski definition) is 3. The number of carbonyl (C=O) groups is 2. The van der Waals surface area contributed by atoms with E-state index >= 15 is 0 Å². The van der Waals surface area contributed by atoms with Gasteiger partial charge in [0, 0.05) is 6.42 Å². The van der Waals surface area contributed by atoms with Gasteiger partial charge in [-0.05, 0) is 35.4 Å². The first-order valence-corrected chi connectivity index (χ1v) is 10.5. The number of rotatable bonds is 8. The van der Waals surface area contributed by atoms with Gasteiger partial charge in [-0.25, -0.2) is 4.79 Å². The van der Waals surface area contributed by atoms with Crippen LogP contribution in [0.4, 0.5) is 0 Å². The van der Waals surface area contributed by atoms with Gasteiger partial charge in [-0.3, -0.25) is 4.79 Å². The number of methoxy groups -OCH3 is 2. The summed E-state index contributed by atoms with van der Waals surface area (Å²) < 4.78 is 10.9. The molecule has 0 aliphatic rings. The predicted molar refractivity (Wildman–Crippen MR) is 126 cm³/mol. The Kier molecular flexibility index (Phi) is 7.68. The van der Waals surface area contributed by atoms with Crippen molar-refractivity contribution in [3.63, 3.8) is 0 Å². The molecule has 0 fully saturated rings. The highest BCUT2D eigenvalue weighted by Crippen LogP contribution is 2.38. The summed E-state index contributed by atoms with van der Waals surface area (Å²) >= 11 is 12.0. The number of hydrogen-bond acceptors (Lipinski definition) is 5. The number of phenols is 1. The maximum absolute atomic E-state index is 12.6. The Balaban J connectivity index is 1.82. The van der Waals surface area contributed by atoms with Gasteiger partial charge >= 0.3 is 5.97 Å². The summed E-state index contributed by atoms with van der Waals surface area (Å²) in [4.78, 5) is 24.4. The molecule has 1 unspecified atom stereocenters. The van der Waals surface area contributed by atoms with E-state index in [1.54, 1.807) is 26.4 Å². The Labute approximate surface area is 200 Å². The molecule has 0 saturated carbocycles. The molecule has 33 heavy (non-hydrogen) atoms. The summed E-state index contributed by atoms with van der Waals surface area (Å²) in [7, 11) is 3.14. The Morgan fingerprint density at radius 1 is 0.970 bits per heavy atom. The van der Waals surface area contributed by atoms with Gasteiger partial charge in [-0.15, -0.1) is 0 Å². The highest BCUT2D eigenvalue weighted by Gasteiger charge is 2.24. The summed E-state index contributed by atoms with van der Waals surface area (Å²) in [5.74, 6) is -0.901. The van der Waals surface area contributed by atoms with Gasteiger partial charge in [-0.2, -0.15) is 0 Å². The van der Waals surface area contributed by atoms with Crippen LogP contribution in [-0.2, 0) is 11.2 Å². The molecule has 0 heterocycles. The molecular weight excluding hydrogens is 469 g/mol. The molecular formula is C24H21Cl2NO6. The molecule has 1 atom stereocenters. The van der Waals surface area contributed by atoms with Crippen LogP contribution in [0.25, 0.3) is 11.1 Å². The lowest BCUT2D eigenvalue weighted by Gasteiger charge is -2.17. The average Bonchev–Trinajstić information content (AvgIpc) is 2.77. The van der Waals surface area contributed by atoms with E-state index in [2.05, 4.69) is 5.32 Å². The number of aromatic hydroxyl groups is 1. The molecule has 0 bridgehead atoms. The zero-order chi connectivity index (χ0) is 24.1. The number of carboxylic acid groups (broad SMARTS) is 1. The second kappa shape index (κ2) is 10.5. The number of benzene rings is 3. The van der Waals surface area contributed by atoms with Crippen molar-refractivity contribution < 1.29 is 29.3 Å². The Bertz CT molecular complexity index is 1130. The molecule has 3 N–H and O–H groups in total. The van der Waals surface area contributed by atoms with Gasteiger partial charge in [0.1, 0.15) is 23.3 Å². The minimum atomic E-state index is -1.23. The first-order valence-electron chi connectivity index (χ1n) is 9.77. The minimum Gasteiger partial charge on any atom is -0.508 e. The number of aliphatic carboxylic acids is 1. The Hall–Kier alpha value is -3.42. The lowest BCUT2D eigenvalue weighted by molar-refractivity contribution is -0.139. The third kappa shape index (κ3) is 5.50. The summed E-state index contributed by atoms with van der Waals surface area (Å²) in [6, 6.07) is 13.7. The number of carboxylic acids is 1. The van der Waals surface area contributed by atoms with Crippen LogP contribution in [0.2, 0.25) is 10.0 Å². The number of amides is 1. The fourth-order valence-electron chi connectivity index (χ4n) is 3.39. The van der Waals surface area contributed by atoms with Crippen LogP contribution in [0.1, 0.15) is 15.9 Å². The average molecular weight is 490 g/mol. The van der Waals surface area contributed by atoms with Crippen molar-refractivity contribution in [2.45, 2.75) is 12.5 Å². The molecule has 0 aliphatic carbocycles. The van der Waals surface area contributed by atoms with E-state index in [0.717, 1.165) is 23.3 Å². The van der Waals surface area contributed by atoms with Gasteiger partial charge in [0.15, 0.2) is 0 Å². The van der Waals surface area contributed by atoms with Gasteiger partial charge in [-0.1, -0.05) is 53.5 Å². The molecule has 7 nitrogen and oxygen atoms in total. The topological polar surface area (TPSA) is 105 Å². The number of phenolic OH excluding ortho intramolecular Hbond substituents is 1. The molecule has 9 heteroatoms. The van der Waals surface area contributed by atoms with Crippen molar-refractivity contribution in [2.24, 2.45) is 0 Å². The summed E-state index contributed by atoms with van der Waals surface area (Å²) in [6.45, 7) is 0. The summed E-state index contributed by atoms with van der Waals surface area (Å²) in [5, 5.41) is 21.4. The van der Waals surface area contributed by atoms with Crippen LogP contribution >= 0.6 is 23.2 Å². The zero-order valence-electron chi connectivity index (χ0n) is 17.8. The molecule has 0 aliphatic heterocycles. The van der Waals surface area contributed by atoms with Crippen LogP contribution in [0.15, 0.2) is 54.6 Å². The fourth-order valence-corrected chi connectivity index (χ4v) is 4.03.